The fourth-order valence-corrected chi connectivity index (χ4v) is 1.93. The number of phenols is 1. The predicted molar refractivity (Wildman–Crippen MR) is 95.7 cm³/mol. The fourth-order valence-electron chi connectivity index (χ4n) is 1.93. The number of aromatic hydroxyl groups is 1. The third-order valence-electron chi connectivity index (χ3n) is 3.30. The smallest absolute Gasteiger partial charge is 0.341 e. The van der Waals surface area contributed by atoms with E-state index in [4.69, 9.17) is 15.6 Å². The van der Waals surface area contributed by atoms with Crippen LogP contribution in [-0.4, -0.2) is 28.8 Å². The minimum atomic E-state index is -0.988. The highest BCUT2D eigenvalue weighted by Crippen LogP contribution is 2.16. The van der Waals surface area contributed by atoms with Crippen LogP contribution in [0.1, 0.15) is 46.9 Å². The van der Waals surface area contributed by atoms with Crippen molar-refractivity contribution in [2.24, 2.45) is 0 Å². The normalized spacial score (nSPS) is 9.64. The minimum absolute atomic E-state index is 0.0296. The van der Waals surface area contributed by atoms with Crippen LogP contribution in [0.25, 0.3) is 0 Å². The van der Waals surface area contributed by atoms with Crippen molar-refractivity contribution >= 4 is 17.6 Å². The number of carbonyl (C=O) groups excluding carboxylic acids is 1. The van der Waals surface area contributed by atoms with Crippen LogP contribution in [0.4, 0.5) is 5.69 Å². The summed E-state index contributed by atoms with van der Waals surface area (Å²) in [5.74, 6) is -1.47. The molecule has 0 fully saturated rings. The molecule has 134 valence electrons. The summed E-state index contributed by atoms with van der Waals surface area (Å²) in [6.45, 7) is 2.51. The summed E-state index contributed by atoms with van der Waals surface area (Å²) >= 11 is 0. The first-order valence-electron chi connectivity index (χ1n) is 8.00. The third kappa shape index (κ3) is 6.95. The monoisotopic (exact) mass is 345 g/mol. The van der Waals surface area contributed by atoms with Crippen molar-refractivity contribution in [2.45, 2.75) is 26.2 Å². The van der Waals surface area contributed by atoms with Crippen molar-refractivity contribution < 1.29 is 24.5 Å². The van der Waals surface area contributed by atoms with Gasteiger partial charge in [0.1, 0.15) is 11.3 Å². The largest absolute Gasteiger partial charge is 0.507 e. The molecular formula is C19H23NO5. The van der Waals surface area contributed by atoms with Gasteiger partial charge < -0.3 is 20.7 Å². The SMILES string of the molecule is CCCCCOC(=O)c1ccccc1O.Nc1ccccc1C(=O)O. The van der Waals surface area contributed by atoms with E-state index in [1.807, 2.05) is 0 Å². The van der Waals surface area contributed by atoms with Crippen molar-refractivity contribution in [1.29, 1.82) is 0 Å². The zero-order valence-corrected chi connectivity index (χ0v) is 14.1. The molecule has 0 bridgehead atoms. The minimum Gasteiger partial charge on any atom is -0.507 e. The maximum Gasteiger partial charge on any atom is 0.341 e. The van der Waals surface area contributed by atoms with Gasteiger partial charge in [0, 0.05) is 5.69 Å². The van der Waals surface area contributed by atoms with Crippen molar-refractivity contribution in [3.63, 3.8) is 0 Å². The molecule has 0 unspecified atom stereocenters. The summed E-state index contributed by atoms with van der Waals surface area (Å²) in [4.78, 5) is 21.8. The highest BCUT2D eigenvalue weighted by molar-refractivity contribution is 5.93. The molecule has 0 saturated carbocycles. The Morgan fingerprint density at radius 2 is 1.60 bits per heavy atom. The van der Waals surface area contributed by atoms with Gasteiger partial charge in [-0.1, -0.05) is 44.0 Å². The number of carboxylic acid groups (broad SMARTS) is 1. The predicted octanol–water partition coefficient (Wildman–Crippen LogP) is 3.71. The summed E-state index contributed by atoms with van der Waals surface area (Å²) in [5, 5.41) is 17.9. The van der Waals surface area contributed by atoms with Crippen LogP contribution < -0.4 is 5.73 Å². The Morgan fingerprint density at radius 3 is 2.12 bits per heavy atom. The zero-order chi connectivity index (χ0) is 18.7. The molecular weight excluding hydrogens is 322 g/mol. The van der Waals surface area contributed by atoms with E-state index in [0.29, 0.717) is 12.3 Å². The van der Waals surface area contributed by atoms with Crippen LogP contribution in [0.5, 0.6) is 5.75 Å². The second-order valence-electron chi connectivity index (χ2n) is 5.25. The number of unbranched alkanes of at least 4 members (excludes halogenated alkanes) is 2. The molecule has 6 nitrogen and oxygen atoms in total. The number of benzene rings is 2. The Morgan fingerprint density at radius 1 is 1.00 bits per heavy atom. The van der Waals surface area contributed by atoms with Gasteiger partial charge in [-0.05, 0) is 30.7 Å². The van der Waals surface area contributed by atoms with Crippen LogP contribution in [0, 0.1) is 0 Å². The number of para-hydroxylation sites is 2. The number of ether oxygens (including phenoxy) is 1. The lowest BCUT2D eigenvalue weighted by Crippen LogP contribution is -2.06. The molecule has 6 heteroatoms. The summed E-state index contributed by atoms with van der Waals surface area (Å²) in [6.07, 6.45) is 3.01. The van der Waals surface area contributed by atoms with Crippen molar-refractivity contribution in [2.75, 3.05) is 12.3 Å². The van der Waals surface area contributed by atoms with Crippen LogP contribution >= 0.6 is 0 Å². The lowest BCUT2D eigenvalue weighted by Gasteiger charge is -2.05. The Labute approximate surface area is 146 Å². The van der Waals surface area contributed by atoms with E-state index < -0.39 is 11.9 Å². The third-order valence-corrected chi connectivity index (χ3v) is 3.30. The first-order chi connectivity index (χ1) is 12.0. The van der Waals surface area contributed by atoms with Crippen LogP contribution in [-0.2, 0) is 4.74 Å². The van der Waals surface area contributed by atoms with Crippen molar-refractivity contribution in [1.82, 2.24) is 0 Å². The Balaban J connectivity index is 0.000000271. The van der Waals surface area contributed by atoms with Gasteiger partial charge in [0.05, 0.1) is 12.2 Å². The van der Waals surface area contributed by atoms with E-state index in [0.717, 1.165) is 19.3 Å². The molecule has 0 saturated heterocycles. The molecule has 0 heterocycles. The number of rotatable bonds is 6. The molecule has 0 amide bonds. The Hall–Kier alpha value is -3.02. The second kappa shape index (κ2) is 10.7. The van der Waals surface area contributed by atoms with Gasteiger partial charge in [-0.3, -0.25) is 0 Å². The molecule has 25 heavy (non-hydrogen) atoms. The highest BCUT2D eigenvalue weighted by atomic mass is 16.5. The van der Waals surface area contributed by atoms with Gasteiger partial charge in [-0.15, -0.1) is 0 Å². The first-order valence-corrected chi connectivity index (χ1v) is 8.00. The average Bonchev–Trinajstić information content (AvgIpc) is 2.59. The molecule has 0 spiro atoms. The number of anilines is 1. The molecule has 0 aliphatic rings. The molecule has 4 N–H and O–H groups in total. The number of hydrogen-bond donors (Lipinski definition) is 3. The molecule has 2 rings (SSSR count). The fraction of sp³-hybridized carbons (Fsp3) is 0.263. The number of hydrogen-bond acceptors (Lipinski definition) is 5. The lowest BCUT2D eigenvalue weighted by atomic mass is 10.2. The van der Waals surface area contributed by atoms with E-state index in [1.165, 1.54) is 12.1 Å². The van der Waals surface area contributed by atoms with Crippen LogP contribution in [0.15, 0.2) is 48.5 Å². The maximum atomic E-state index is 11.4. The highest BCUT2D eigenvalue weighted by Gasteiger charge is 2.10. The molecule has 0 radical (unpaired) electrons. The summed E-state index contributed by atoms with van der Waals surface area (Å²) in [5.41, 5.74) is 6.03. The van der Waals surface area contributed by atoms with E-state index >= 15 is 0 Å². The van der Waals surface area contributed by atoms with E-state index in [9.17, 15) is 14.7 Å². The first kappa shape index (κ1) is 20.0. The number of aromatic carboxylic acids is 1. The van der Waals surface area contributed by atoms with E-state index in [-0.39, 0.29) is 16.9 Å². The molecule has 2 aromatic carbocycles. The van der Waals surface area contributed by atoms with E-state index in [2.05, 4.69) is 6.92 Å². The van der Waals surface area contributed by atoms with Gasteiger partial charge in [0.2, 0.25) is 0 Å². The van der Waals surface area contributed by atoms with Crippen molar-refractivity contribution in [3.8, 4) is 5.75 Å². The molecule has 0 aromatic heterocycles. The number of phenolic OH excluding ortho intramolecular Hbond substituents is 1. The number of esters is 1. The molecule has 0 atom stereocenters. The number of carbonyl (C=O) groups is 2. The number of nitrogen functional groups attached to an aromatic ring is 1. The topological polar surface area (TPSA) is 110 Å². The molecule has 0 aliphatic heterocycles. The molecule has 2 aromatic rings. The molecule has 0 aliphatic carbocycles. The quantitative estimate of drug-likeness (QED) is 0.418. The van der Waals surface area contributed by atoms with Gasteiger partial charge in [-0.25, -0.2) is 9.59 Å². The van der Waals surface area contributed by atoms with Crippen LogP contribution in [0.3, 0.4) is 0 Å². The van der Waals surface area contributed by atoms with Crippen molar-refractivity contribution in [3.05, 3.63) is 59.7 Å². The maximum absolute atomic E-state index is 11.4. The average molecular weight is 345 g/mol. The lowest BCUT2D eigenvalue weighted by molar-refractivity contribution is 0.0494. The summed E-state index contributed by atoms with van der Waals surface area (Å²) < 4.78 is 5.01. The summed E-state index contributed by atoms with van der Waals surface area (Å²) in [7, 11) is 0. The second-order valence-corrected chi connectivity index (χ2v) is 5.25. The number of nitrogens with two attached hydrogens (primary N) is 1. The van der Waals surface area contributed by atoms with Gasteiger partial charge >= 0.3 is 11.9 Å². The Bertz CT molecular complexity index is 700. The van der Waals surface area contributed by atoms with Gasteiger partial charge in [-0.2, -0.15) is 0 Å². The van der Waals surface area contributed by atoms with Gasteiger partial charge in [0.15, 0.2) is 0 Å². The number of carboxylic acids is 1. The summed E-state index contributed by atoms with van der Waals surface area (Å²) in [6, 6.07) is 12.8. The standard InChI is InChI=1S/C12H16O3.C7H7NO2/c1-2-3-6-9-15-12(14)10-7-4-5-8-11(10)13;8-6-4-2-1-3-5(6)7(9)10/h4-5,7-8,13H,2-3,6,9H2,1H3;1-4H,8H2,(H,9,10). The Kier molecular flexibility index (Phi) is 8.57. The zero-order valence-electron chi connectivity index (χ0n) is 14.1. The van der Waals surface area contributed by atoms with Gasteiger partial charge in [0.25, 0.3) is 0 Å². The van der Waals surface area contributed by atoms with Crippen LogP contribution in [0.2, 0.25) is 0 Å². The van der Waals surface area contributed by atoms with E-state index in [1.54, 1.807) is 36.4 Å².